The van der Waals surface area contributed by atoms with Crippen molar-refractivity contribution in [3.05, 3.63) is 24.4 Å². The van der Waals surface area contributed by atoms with Crippen LogP contribution in [0.3, 0.4) is 0 Å². The van der Waals surface area contributed by atoms with Crippen LogP contribution in [0.1, 0.15) is 0 Å². The van der Waals surface area contributed by atoms with Gasteiger partial charge in [0.25, 0.3) is 0 Å². The first-order chi connectivity index (χ1) is 4.38. The second-order valence-electron chi connectivity index (χ2n) is 1.50. The standard InChI is InChI=1S/C6H8N2O/c1-3-8-6(7-2)4-5-9-8/h3-5H,1H2,2H3. The van der Waals surface area contributed by atoms with Crippen molar-refractivity contribution in [1.29, 1.82) is 0 Å². The lowest BCUT2D eigenvalue weighted by Crippen LogP contribution is -2.08. The van der Waals surface area contributed by atoms with Crippen LogP contribution in [-0.4, -0.2) is 11.8 Å². The highest BCUT2D eigenvalue weighted by Gasteiger charge is 1.85. The van der Waals surface area contributed by atoms with Gasteiger partial charge in [0.15, 0.2) is 5.49 Å². The van der Waals surface area contributed by atoms with Gasteiger partial charge in [-0.3, -0.25) is 4.99 Å². The van der Waals surface area contributed by atoms with Crippen LogP contribution in [0.5, 0.6) is 0 Å². The summed E-state index contributed by atoms with van der Waals surface area (Å²) in [5, 5.41) is 0. The molecule has 0 bridgehead atoms. The second kappa shape index (κ2) is 2.35. The summed E-state index contributed by atoms with van der Waals surface area (Å²) in [4.78, 5) is 3.90. The highest BCUT2D eigenvalue weighted by atomic mass is 16.5. The van der Waals surface area contributed by atoms with Crippen LogP contribution in [0, 0.1) is 0 Å². The molecule has 0 amide bonds. The molecule has 0 saturated carbocycles. The first kappa shape index (κ1) is 5.88. The van der Waals surface area contributed by atoms with Crippen molar-refractivity contribution in [2.45, 2.75) is 0 Å². The van der Waals surface area contributed by atoms with E-state index in [1.165, 1.54) is 4.74 Å². The smallest absolute Gasteiger partial charge is 0.166 e. The molecule has 1 heterocycles. The Morgan fingerprint density at radius 1 is 1.89 bits per heavy atom. The van der Waals surface area contributed by atoms with Gasteiger partial charge in [0, 0.05) is 19.3 Å². The second-order valence-corrected chi connectivity index (χ2v) is 1.50. The third-order valence-electron chi connectivity index (χ3n) is 1.01. The zero-order valence-corrected chi connectivity index (χ0v) is 5.24. The summed E-state index contributed by atoms with van der Waals surface area (Å²) in [5.74, 6) is 0. The van der Waals surface area contributed by atoms with Crippen LogP contribution in [0.25, 0.3) is 6.20 Å². The zero-order chi connectivity index (χ0) is 6.69. The highest BCUT2D eigenvalue weighted by Crippen LogP contribution is 1.79. The summed E-state index contributed by atoms with van der Waals surface area (Å²) in [6, 6.07) is 1.77. The molecule has 3 nitrogen and oxygen atoms in total. The van der Waals surface area contributed by atoms with Crippen LogP contribution in [0.4, 0.5) is 0 Å². The summed E-state index contributed by atoms with van der Waals surface area (Å²) in [5.41, 5.74) is 0.769. The van der Waals surface area contributed by atoms with Gasteiger partial charge in [-0.15, -0.1) is 0 Å². The predicted molar refractivity (Wildman–Crippen MR) is 34.6 cm³/mol. The lowest BCUT2D eigenvalue weighted by molar-refractivity contribution is 0.352. The van der Waals surface area contributed by atoms with E-state index in [-0.39, 0.29) is 0 Å². The largest absolute Gasteiger partial charge is 0.381 e. The normalized spacial score (nSPS) is 11.9. The van der Waals surface area contributed by atoms with Crippen molar-refractivity contribution in [3.8, 4) is 0 Å². The zero-order valence-electron chi connectivity index (χ0n) is 5.24. The molecule has 1 rings (SSSR count). The molecule has 0 fully saturated rings. The predicted octanol–water partition coefficient (Wildman–Crippen LogP) is 0.712. The molecule has 9 heavy (non-hydrogen) atoms. The Bertz CT molecular complexity index is 256. The van der Waals surface area contributed by atoms with Crippen LogP contribution < -0.4 is 5.49 Å². The first-order valence-electron chi connectivity index (χ1n) is 2.60. The van der Waals surface area contributed by atoms with Crippen molar-refractivity contribution in [1.82, 2.24) is 4.74 Å². The van der Waals surface area contributed by atoms with Crippen molar-refractivity contribution in [2.75, 3.05) is 7.05 Å². The molecule has 0 saturated heterocycles. The fraction of sp³-hybridized carbons (Fsp3) is 0.167. The summed E-state index contributed by atoms with van der Waals surface area (Å²) in [6.07, 6.45) is 3.12. The van der Waals surface area contributed by atoms with E-state index in [4.69, 9.17) is 4.52 Å². The molecule has 0 N–H and O–H groups in total. The quantitative estimate of drug-likeness (QED) is 0.542. The molecule has 1 aromatic heterocycles. The van der Waals surface area contributed by atoms with Gasteiger partial charge in [0.1, 0.15) is 6.26 Å². The lowest BCUT2D eigenvalue weighted by atomic mass is 10.7. The minimum absolute atomic E-state index is 0.769. The average Bonchev–Trinajstić information content (AvgIpc) is 2.33. The van der Waals surface area contributed by atoms with E-state index in [0.29, 0.717) is 0 Å². The summed E-state index contributed by atoms with van der Waals surface area (Å²) >= 11 is 0. The molecule has 3 heteroatoms. The number of hydrogen-bond acceptors (Lipinski definition) is 2. The monoisotopic (exact) mass is 124 g/mol. The fourth-order valence-electron chi connectivity index (χ4n) is 0.594. The van der Waals surface area contributed by atoms with Crippen LogP contribution in [0.2, 0.25) is 0 Å². The molecule has 0 unspecified atom stereocenters. The van der Waals surface area contributed by atoms with E-state index < -0.39 is 0 Å². The van der Waals surface area contributed by atoms with E-state index >= 15 is 0 Å². The summed E-state index contributed by atoms with van der Waals surface area (Å²) in [6.45, 7) is 3.52. The van der Waals surface area contributed by atoms with Crippen molar-refractivity contribution >= 4 is 6.20 Å². The van der Waals surface area contributed by atoms with E-state index in [9.17, 15) is 0 Å². The Morgan fingerprint density at radius 3 is 3.11 bits per heavy atom. The summed E-state index contributed by atoms with van der Waals surface area (Å²) < 4.78 is 6.40. The average molecular weight is 124 g/mol. The third-order valence-corrected chi connectivity index (χ3v) is 1.01. The molecule has 0 spiro atoms. The molecular formula is C6H8N2O. The van der Waals surface area contributed by atoms with Crippen molar-refractivity contribution < 1.29 is 4.52 Å². The number of rotatable bonds is 1. The maximum atomic E-state index is 4.91. The van der Waals surface area contributed by atoms with Crippen molar-refractivity contribution in [2.24, 2.45) is 4.99 Å². The van der Waals surface area contributed by atoms with Gasteiger partial charge in [-0.2, -0.15) is 4.74 Å². The summed E-state index contributed by atoms with van der Waals surface area (Å²) in [7, 11) is 1.70. The molecule has 0 aromatic carbocycles. The minimum atomic E-state index is 0.769. The molecule has 0 aliphatic carbocycles. The van der Waals surface area contributed by atoms with Gasteiger partial charge in [0.2, 0.25) is 0 Å². The van der Waals surface area contributed by atoms with Gasteiger partial charge < -0.3 is 4.52 Å². The Kier molecular flexibility index (Phi) is 1.53. The van der Waals surface area contributed by atoms with Crippen molar-refractivity contribution in [3.63, 3.8) is 0 Å². The van der Waals surface area contributed by atoms with Gasteiger partial charge in [-0.05, 0) is 0 Å². The van der Waals surface area contributed by atoms with Crippen LogP contribution in [-0.2, 0) is 0 Å². The van der Waals surface area contributed by atoms with Gasteiger partial charge in [-0.1, -0.05) is 6.58 Å². The van der Waals surface area contributed by atoms with Gasteiger partial charge in [0.05, 0.1) is 0 Å². The van der Waals surface area contributed by atoms with Crippen LogP contribution in [0.15, 0.2) is 28.4 Å². The van der Waals surface area contributed by atoms with E-state index in [1.54, 1.807) is 25.6 Å². The van der Waals surface area contributed by atoms with E-state index in [0.717, 1.165) is 5.49 Å². The molecule has 0 aliphatic heterocycles. The Hall–Kier alpha value is -1.25. The number of aromatic nitrogens is 1. The number of nitrogens with zero attached hydrogens (tertiary/aromatic N) is 2. The van der Waals surface area contributed by atoms with Gasteiger partial charge >= 0.3 is 0 Å². The Balaban J connectivity index is 3.30. The SMILES string of the molecule is C=Cn1occc1=NC. The maximum Gasteiger partial charge on any atom is 0.166 e. The van der Waals surface area contributed by atoms with Crippen LogP contribution >= 0.6 is 0 Å². The lowest BCUT2D eigenvalue weighted by Gasteiger charge is -1.85. The Labute approximate surface area is 52.9 Å². The molecule has 0 aliphatic rings. The fourth-order valence-corrected chi connectivity index (χ4v) is 0.594. The molecule has 1 aromatic rings. The minimum Gasteiger partial charge on any atom is -0.381 e. The topological polar surface area (TPSA) is 30.4 Å². The Morgan fingerprint density at radius 2 is 2.67 bits per heavy atom. The molecule has 48 valence electrons. The number of hydrogen-bond donors (Lipinski definition) is 0. The van der Waals surface area contributed by atoms with Gasteiger partial charge in [-0.25, -0.2) is 0 Å². The third kappa shape index (κ3) is 0.937. The van der Waals surface area contributed by atoms with E-state index in [1.807, 2.05) is 0 Å². The molecule has 0 radical (unpaired) electrons. The maximum absolute atomic E-state index is 4.91. The molecular weight excluding hydrogens is 116 g/mol. The first-order valence-corrected chi connectivity index (χ1v) is 2.60. The van der Waals surface area contributed by atoms with E-state index in [2.05, 4.69) is 11.6 Å². The molecule has 0 atom stereocenters. The highest BCUT2D eigenvalue weighted by molar-refractivity contribution is 5.10.